The van der Waals surface area contributed by atoms with E-state index in [1.54, 1.807) is 18.2 Å². The zero-order chi connectivity index (χ0) is 15.1. The van der Waals surface area contributed by atoms with E-state index in [-0.39, 0.29) is 11.9 Å². The van der Waals surface area contributed by atoms with Gasteiger partial charge in [0.1, 0.15) is 5.75 Å². The summed E-state index contributed by atoms with van der Waals surface area (Å²) in [5, 5.41) is 0. The second-order valence-electron chi connectivity index (χ2n) is 4.62. The van der Waals surface area contributed by atoms with Crippen molar-refractivity contribution in [2.45, 2.75) is 5.92 Å². The van der Waals surface area contributed by atoms with Crippen LogP contribution in [0.5, 0.6) is 5.75 Å². The summed E-state index contributed by atoms with van der Waals surface area (Å²) >= 11 is 4.39. The third-order valence-corrected chi connectivity index (χ3v) is 3.64. The van der Waals surface area contributed by atoms with Gasteiger partial charge in [-0.25, -0.2) is 4.79 Å². The SMILES string of the molecule is COC(=O)c1cccc(OCC(CS)c2ccccc2)c1. The van der Waals surface area contributed by atoms with Crippen molar-refractivity contribution in [2.24, 2.45) is 0 Å². The van der Waals surface area contributed by atoms with Crippen LogP contribution < -0.4 is 4.74 Å². The Bertz CT molecular complexity index is 584. The highest BCUT2D eigenvalue weighted by atomic mass is 32.1. The van der Waals surface area contributed by atoms with Gasteiger partial charge in [0.25, 0.3) is 0 Å². The maximum Gasteiger partial charge on any atom is 0.337 e. The average molecular weight is 302 g/mol. The molecule has 2 aromatic rings. The third kappa shape index (κ3) is 4.26. The van der Waals surface area contributed by atoms with E-state index in [2.05, 4.69) is 24.8 Å². The lowest BCUT2D eigenvalue weighted by Crippen LogP contribution is -2.12. The van der Waals surface area contributed by atoms with E-state index in [1.807, 2.05) is 24.3 Å². The van der Waals surface area contributed by atoms with Gasteiger partial charge in [-0.2, -0.15) is 12.6 Å². The van der Waals surface area contributed by atoms with Crippen molar-refractivity contribution in [1.82, 2.24) is 0 Å². The van der Waals surface area contributed by atoms with E-state index in [4.69, 9.17) is 9.47 Å². The highest BCUT2D eigenvalue weighted by Crippen LogP contribution is 2.20. The van der Waals surface area contributed by atoms with Crippen LogP contribution in [0, 0.1) is 0 Å². The number of benzene rings is 2. The maximum absolute atomic E-state index is 11.5. The van der Waals surface area contributed by atoms with Crippen LogP contribution in [-0.4, -0.2) is 25.4 Å². The quantitative estimate of drug-likeness (QED) is 0.654. The Hall–Kier alpha value is -1.94. The number of ether oxygens (including phenoxy) is 2. The van der Waals surface area contributed by atoms with E-state index in [0.717, 1.165) is 0 Å². The summed E-state index contributed by atoms with van der Waals surface area (Å²) in [6.07, 6.45) is 0. The Morgan fingerprint density at radius 2 is 1.90 bits per heavy atom. The van der Waals surface area contributed by atoms with Gasteiger partial charge in [0.05, 0.1) is 19.3 Å². The molecule has 0 aliphatic heterocycles. The molecule has 110 valence electrons. The summed E-state index contributed by atoms with van der Waals surface area (Å²) in [4.78, 5) is 11.5. The van der Waals surface area contributed by atoms with Gasteiger partial charge < -0.3 is 9.47 Å². The molecule has 0 aromatic heterocycles. The van der Waals surface area contributed by atoms with Gasteiger partial charge in [0.2, 0.25) is 0 Å². The molecule has 0 saturated heterocycles. The minimum absolute atomic E-state index is 0.205. The summed E-state index contributed by atoms with van der Waals surface area (Å²) in [6.45, 7) is 0.512. The molecule has 0 amide bonds. The first-order valence-corrected chi connectivity index (χ1v) is 7.35. The summed E-state index contributed by atoms with van der Waals surface area (Å²) in [6, 6.07) is 17.1. The molecule has 2 rings (SSSR count). The summed E-state index contributed by atoms with van der Waals surface area (Å²) in [7, 11) is 1.36. The predicted molar refractivity (Wildman–Crippen MR) is 86.3 cm³/mol. The first kappa shape index (κ1) is 15.4. The molecule has 0 aliphatic rings. The first-order valence-electron chi connectivity index (χ1n) is 6.71. The number of carbonyl (C=O) groups excluding carboxylic acids is 1. The fourth-order valence-corrected chi connectivity index (χ4v) is 2.32. The van der Waals surface area contributed by atoms with Crippen LogP contribution in [0.3, 0.4) is 0 Å². The van der Waals surface area contributed by atoms with Crippen LogP contribution in [0.25, 0.3) is 0 Å². The lowest BCUT2D eigenvalue weighted by Gasteiger charge is -2.16. The van der Waals surface area contributed by atoms with Crippen molar-refractivity contribution in [3.05, 3.63) is 65.7 Å². The van der Waals surface area contributed by atoms with Crippen LogP contribution >= 0.6 is 12.6 Å². The average Bonchev–Trinajstić information content (AvgIpc) is 2.56. The number of esters is 1. The van der Waals surface area contributed by atoms with E-state index in [0.29, 0.717) is 23.7 Å². The third-order valence-electron chi connectivity index (χ3n) is 3.20. The molecule has 0 spiro atoms. The number of methoxy groups -OCH3 is 1. The molecule has 0 radical (unpaired) electrons. The largest absolute Gasteiger partial charge is 0.493 e. The van der Waals surface area contributed by atoms with Crippen LogP contribution in [-0.2, 0) is 4.74 Å². The van der Waals surface area contributed by atoms with Crippen LogP contribution in [0.1, 0.15) is 21.8 Å². The zero-order valence-corrected chi connectivity index (χ0v) is 12.8. The standard InChI is InChI=1S/C17H18O3S/c1-19-17(18)14-8-5-9-16(10-14)20-11-15(12-21)13-6-3-2-4-7-13/h2-10,15,21H,11-12H2,1H3. The normalized spacial score (nSPS) is 11.7. The Kier molecular flexibility index (Phi) is 5.69. The van der Waals surface area contributed by atoms with Crippen LogP contribution in [0.2, 0.25) is 0 Å². The van der Waals surface area contributed by atoms with E-state index in [1.165, 1.54) is 12.7 Å². The molecule has 21 heavy (non-hydrogen) atoms. The minimum atomic E-state index is -0.366. The van der Waals surface area contributed by atoms with Gasteiger partial charge in [0.15, 0.2) is 0 Å². The smallest absolute Gasteiger partial charge is 0.337 e. The molecule has 0 N–H and O–H groups in total. The molecule has 3 nitrogen and oxygen atoms in total. The molecule has 2 aromatic carbocycles. The highest BCUT2D eigenvalue weighted by Gasteiger charge is 2.11. The van der Waals surface area contributed by atoms with E-state index < -0.39 is 0 Å². The molecule has 0 saturated carbocycles. The summed E-state index contributed by atoms with van der Waals surface area (Å²) < 4.78 is 10.5. The van der Waals surface area contributed by atoms with Gasteiger partial charge in [-0.1, -0.05) is 36.4 Å². The second kappa shape index (κ2) is 7.74. The van der Waals surface area contributed by atoms with Gasteiger partial charge in [-0.05, 0) is 23.8 Å². The molecule has 0 aliphatic carbocycles. The molecule has 0 heterocycles. The van der Waals surface area contributed by atoms with Crippen molar-refractivity contribution >= 4 is 18.6 Å². The maximum atomic E-state index is 11.5. The number of hydrogen-bond acceptors (Lipinski definition) is 4. The summed E-state index contributed by atoms with van der Waals surface area (Å²) in [5.74, 6) is 1.19. The monoisotopic (exact) mass is 302 g/mol. The van der Waals surface area contributed by atoms with Gasteiger partial charge in [-0.3, -0.25) is 0 Å². The highest BCUT2D eigenvalue weighted by molar-refractivity contribution is 7.80. The first-order chi connectivity index (χ1) is 10.2. The predicted octanol–water partition coefficient (Wildman–Crippen LogP) is 3.57. The number of thiol groups is 1. The van der Waals surface area contributed by atoms with Crippen molar-refractivity contribution < 1.29 is 14.3 Å². The van der Waals surface area contributed by atoms with Gasteiger partial charge in [-0.15, -0.1) is 0 Å². The number of hydrogen-bond donors (Lipinski definition) is 1. The molecular formula is C17H18O3S. The Morgan fingerprint density at radius 1 is 1.14 bits per heavy atom. The van der Waals surface area contributed by atoms with Gasteiger partial charge >= 0.3 is 5.97 Å². The van der Waals surface area contributed by atoms with Crippen molar-refractivity contribution in [3.63, 3.8) is 0 Å². The summed E-state index contributed by atoms with van der Waals surface area (Å²) in [5.41, 5.74) is 1.67. The fourth-order valence-electron chi connectivity index (χ4n) is 2.01. The molecule has 4 heteroatoms. The lowest BCUT2D eigenvalue weighted by molar-refractivity contribution is 0.0600. The van der Waals surface area contributed by atoms with Crippen LogP contribution in [0.15, 0.2) is 54.6 Å². The molecule has 0 bridgehead atoms. The molecular weight excluding hydrogens is 284 g/mol. The second-order valence-corrected chi connectivity index (χ2v) is 4.99. The van der Waals surface area contributed by atoms with Crippen molar-refractivity contribution in [3.8, 4) is 5.75 Å². The lowest BCUT2D eigenvalue weighted by atomic mass is 10.0. The van der Waals surface area contributed by atoms with Gasteiger partial charge in [0, 0.05) is 11.7 Å². The van der Waals surface area contributed by atoms with E-state index in [9.17, 15) is 4.79 Å². The molecule has 0 fully saturated rings. The molecule has 1 unspecified atom stereocenters. The Labute approximate surface area is 130 Å². The van der Waals surface area contributed by atoms with Crippen molar-refractivity contribution in [2.75, 3.05) is 19.5 Å². The topological polar surface area (TPSA) is 35.5 Å². The fraction of sp³-hybridized carbons (Fsp3) is 0.235. The van der Waals surface area contributed by atoms with Crippen LogP contribution in [0.4, 0.5) is 0 Å². The Balaban J connectivity index is 2.03. The zero-order valence-electron chi connectivity index (χ0n) is 11.9. The van der Waals surface area contributed by atoms with E-state index >= 15 is 0 Å². The minimum Gasteiger partial charge on any atom is -0.493 e. The van der Waals surface area contributed by atoms with Crippen molar-refractivity contribution in [1.29, 1.82) is 0 Å². The number of rotatable bonds is 6. The Morgan fingerprint density at radius 3 is 2.57 bits per heavy atom. The molecule has 1 atom stereocenters. The number of carbonyl (C=O) groups is 1.